The number of sulfone groups is 1. The molecule has 1 amide bonds. The zero-order chi connectivity index (χ0) is 14.0. The molecule has 1 aliphatic heterocycles. The molecule has 104 valence electrons. The zero-order valence-corrected chi connectivity index (χ0v) is 11.8. The molecular formula is C12H17N3O3S. The van der Waals surface area contributed by atoms with E-state index in [1.165, 1.54) is 0 Å². The third-order valence-electron chi connectivity index (χ3n) is 3.08. The van der Waals surface area contributed by atoms with Crippen LogP contribution in [0.2, 0.25) is 0 Å². The monoisotopic (exact) mass is 283 g/mol. The second kappa shape index (κ2) is 5.24. The molecule has 0 aromatic carbocycles. The Morgan fingerprint density at radius 3 is 2.58 bits per heavy atom. The maximum atomic E-state index is 11.9. The van der Waals surface area contributed by atoms with Crippen LogP contribution in [0.5, 0.6) is 0 Å². The van der Waals surface area contributed by atoms with Crippen LogP contribution in [-0.4, -0.2) is 42.1 Å². The van der Waals surface area contributed by atoms with E-state index < -0.39 is 9.84 Å². The van der Waals surface area contributed by atoms with Gasteiger partial charge >= 0.3 is 0 Å². The molecule has 0 saturated carbocycles. The van der Waals surface area contributed by atoms with Gasteiger partial charge in [0, 0.05) is 6.04 Å². The second-order valence-electron chi connectivity index (χ2n) is 5.07. The molecule has 0 spiro atoms. The van der Waals surface area contributed by atoms with Gasteiger partial charge in [0.1, 0.15) is 0 Å². The first-order chi connectivity index (χ1) is 8.87. The summed E-state index contributed by atoms with van der Waals surface area (Å²) in [5.41, 5.74) is 1.04. The van der Waals surface area contributed by atoms with Crippen molar-refractivity contribution in [2.45, 2.75) is 32.2 Å². The normalized spacial score (nSPS) is 21.5. The Morgan fingerprint density at radius 1 is 1.37 bits per heavy atom. The van der Waals surface area contributed by atoms with E-state index >= 15 is 0 Å². The highest BCUT2D eigenvalue weighted by atomic mass is 32.2. The van der Waals surface area contributed by atoms with Gasteiger partial charge in [0.05, 0.1) is 17.2 Å². The number of hydrogen-bond donors (Lipinski definition) is 1. The SMILES string of the molecule is CC(C)c1ccc(C(=O)NC2CCS(=O)(=O)C2)nn1. The summed E-state index contributed by atoms with van der Waals surface area (Å²) in [5, 5.41) is 10.5. The molecule has 0 radical (unpaired) electrons. The predicted molar refractivity (Wildman–Crippen MR) is 70.6 cm³/mol. The van der Waals surface area contributed by atoms with Gasteiger partial charge in [0.15, 0.2) is 15.5 Å². The lowest BCUT2D eigenvalue weighted by Gasteiger charge is -2.10. The molecule has 6 nitrogen and oxygen atoms in total. The minimum atomic E-state index is -2.99. The molecule has 1 N–H and O–H groups in total. The molecule has 1 unspecified atom stereocenters. The van der Waals surface area contributed by atoms with Crippen molar-refractivity contribution < 1.29 is 13.2 Å². The standard InChI is InChI=1S/C12H17N3O3S/c1-8(2)10-3-4-11(15-14-10)12(16)13-9-5-6-19(17,18)7-9/h3-4,8-9H,5-7H2,1-2H3,(H,13,16). The quantitative estimate of drug-likeness (QED) is 0.873. The van der Waals surface area contributed by atoms with Crippen LogP contribution in [0.4, 0.5) is 0 Å². The van der Waals surface area contributed by atoms with Gasteiger partial charge in [0.2, 0.25) is 0 Å². The fourth-order valence-corrected chi connectivity index (χ4v) is 3.61. The van der Waals surface area contributed by atoms with E-state index in [-0.39, 0.29) is 35.1 Å². The predicted octanol–water partition coefficient (Wildman–Crippen LogP) is 0.517. The highest BCUT2D eigenvalue weighted by Crippen LogP contribution is 2.13. The fourth-order valence-electron chi connectivity index (χ4n) is 1.94. The number of amides is 1. The molecule has 2 rings (SSSR count). The van der Waals surface area contributed by atoms with Crippen LogP contribution in [0.15, 0.2) is 12.1 Å². The smallest absolute Gasteiger partial charge is 0.272 e. The minimum absolute atomic E-state index is 0.0102. The first kappa shape index (κ1) is 13.9. The van der Waals surface area contributed by atoms with Crippen molar-refractivity contribution >= 4 is 15.7 Å². The minimum Gasteiger partial charge on any atom is -0.347 e. The molecule has 1 aliphatic rings. The Labute approximate surface area is 112 Å². The Kier molecular flexibility index (Phi) is 3.84. The van der Waals surface area contributed by atoms with Gasteiger partial charge in [-0.1, -0.05) is 13.8 Å². The van der Waals surface area contributed by atoms with Crippen molar-refractivity contribution in [1.82, 2.24) is 15.5 Å². The van der Waals surface area contributed by atoms with Gasteiger partial charge in [-0.3, -0.25) is 4.79 Å². The summed E-state index contributed by atoms with van der Waals surface area (Å²) in [6.07, 6.45) is 0.464. The van der Waals surface area contributed by atoms with E-state index in [4.69, 9.17) is 0 Å². The molecule has 7 heteroatoms. The van der Waals surface area contributed by atoms with E-state index in [9.17, 15) is 13.2 Å². The van der Waals surface area contributed by atoms with Crippen LogP contribution in [0.1, 0.15) is 42.4 Å². The number of hydrogen-bond acceptors (Lipinski definition) is 5. The Bertz CT molecular complexity index is 566. The van der Waals surface area contributed by atoms with Crippen LogP contribution in [0.3, 0.4) is 0 Å². The van der Waals surface area contributed by atoms with Gasteiger partial charge in [-0.05, 0) is 24.5 Å². The summed E-state index contributed by atoms with van der Waals surface area (Å²) in [5.74, 6) is 0.0288. The Balaban J connectivity index is 2.00. The zero-order valence-electron chi connectivity index (χ0n) is 11.0. The van der Waals surface area contributed by atoms with E-state index in [1.807, 2.05) is 13.8 Å². The van der Waals surface area contributed by atoms with Crippen molar-refractivity contribution in [1.29, 1.82) is 0 Å². The van der Waals surface area contributed by atoms with E-state index in [0.29, 0.717) is 6.42 Å². The number of carbonyl (C=O) groups is 1. The summed E-state index contributed by atoms with van der Waals surface area (Å²) in [7, 11) is -2.99. The van der Waals surface area contributed by atoms with Crippen molar-refractivity contribution in [2.24, 2.45) is 0 Å². The number of nitrogens with one attached hydrogen (secondary N) is 1. The molecular weight excluding hydrogens is 266 g/mol. The lowest BCUT2D eigenvalue weighted by molar-refractivity contribution is 0.0935. The topological polar surface area (TPSA) is 89.0 Å². The Morgan fingerprint density at radius 2 is 2.11 bits per heavy atom. The van der Waals surface area contributed by atoms with E-state index in [0.717, 1.165) is 5.69 Å². The summed E-state index contributed by atoms with van der Waals surface area (Å²) in [6.45, 7) is 3.99. The van der Waals surface area contributed by atoms with Gasteiger partial charge in [-0.25, -0.2) is 8.42 Å². The first-order valence-electron chi connectivity index (χ1n) is 6.22. The third kappa shape index (κ3) is 3.50. The fraction of sp³-hybridized carbons (Fsp3) is 0.583. The molecule has 0 aliphatic carbocycles. The average molecular weight is 283 g/mol. The van der Waals surface area contributed by atoms with E-state index in [1.54, 1.807) is 12.1 Å². The summed E-state index contributed by atoms with van der Waals surface area (Å²) in [4.78, 5) is 11.9. The molecule has 0 bridgehead atoms. The lowest BCUT2D eigenvalue weighted by atomic mass is 10.1. The van der Waals surface area contributed by atoms with Gasteiger partial charge in [0.25, 0.3) is 5.91 Å². The number of rotatable bonds is 3. The van der Waals surface area contributed by atoms with Crippen LogP contribution < -0.4 is 5.32 Å². The maximum absolute atomic E-state index is 11.9. The Hall–Kier alpha value is -1.50. The van der Waals surface area contributed by atoms with Crippen LogP contribution in [0.25, 0.3) is 0 Å². The number of nitrogens with zero attached hydrogens (tertiary/aromatic N) is 2. The molecule has 1 aromatic rings. The first-order valence-corrected chi connectivity index (χ1v) is 8.04. The van der Waals surface area contributed by atoms with E-state index in [2.05, 4.69) is 15.5 Å². The lowest BCUT2D eigenvalue weighted by Crippen LogP contribution is -2.36. The van der Waals surface area contributed by atoms with Crippen LogP contribution >= 0.6 is 0 Å². The largest absolute Gasteiger partial charge is 0.347 e. The summed E-state index contributed by atoms with van der Waals surface area (Å²) < 4.78 is 22.6. The van der Waals surface area contributed by atoms with Crippen LogP contribution in [0, 0.1) is 0 Å². The molecule has 19 heavy (non-hydrogen) atoms. The third-order valence-corrected chi connectivity index (χ3v) is 4.84. The second-order valence-corrected chi connectivity index (χ2v) is 7.30. The van der Waals surface area contributed by atoms with Gasteiger partial charge in [-0.2, -0.15) is 5.10 Å². The van der Waals surface area contributed by atoms with Crippen molar-refractivity contribution in [2.75, 3.05) is 11.5 Å². The average Bonchev–Trinajstić information content (AvgIpc) is 2.68. The van der Waals surface area contributed by atoms with Crippen molar-refractivity contribution in [3.8, 4) is 0 Å². The molecule has 1 fully saturated rings. The molecule has 1 saturated heterocycles. The number of aromatic nitrogens is 2. The van der Waals surface area contributed by atoms with Crippen molar-refractivity contribution in [3.05, 3.63) is 23.5 Å². The highest BCUT2D eigenvalue weighted by molar-refractivity contribution is 7.91. The maximum Gasteiger partial charge on any atom is 0.272 e. The van der Waals surface area contributed by atoms with Crippen LogP contribution in [-0.2, 0) is 9.84 Å². The van der Waals surface area contributed by atoms with Crippen molar-refractivity contribution in [3.63, 3.8) is 0 Å². The van der Waals surface area contributed by atoms with Gasteiger partial charge < -0.3 is 5.32 Å². The number of carbonyl (C=O) groups excluding carboxylic acids is 1. The van der Waals surface area contributed by atoms with Gasteiger partial charge in [-0.15, -0.1) is 5.10 Å². The molecule has 1 atom stereocenters. The molecule has 1 aromatic heterocycles. The molecule has 2 heterocycles. The summed E-state index contributed by atoms with van der Waals surface area (Å²) in [6, 6.07) is 3.06. The summed E-state index contributed by atoms with van der Waals surface area (Å²) >= 11 is 0. The highest BCUT2D eigenvalue weighted by Gasteiger charge is 2.29.